The van der Waals surface area contributed by atoms with Gasteiger partial charge in [0.2, 0.25) is 0 Å². The van der Waals surface area contributed by atoms with E-state index < -0.39 is 0 Å². The number of hydrogen-bond acceptors (Lipinski definition) is 2. The Balaban J connectivity index is 2.94. The molecule has 2 nitrogen and oxygen atoms in total. The summed E-state index contributed by atoms with van der Waals surface area (Å²) in [6.45, 7) is 3.35. The van der Waals surface area contributed by atoms with Gasteiger partial charge >= 0.3 is 0 Å². The summed E-state index contributed by atoms with van der Waals surface area (Å²) >= 11 is 0. The zero-order valence-corrected chi connectivity index (χ0v) is 8.86. The van der Waals surface area contributed by atoms with E-state index in [-0.39, 0.29) is 11.6 Å². The maximum Gasteiger partial charge on any atom is 0.167 e. The molecule has 0 saturated heterocycles. The van der Waals surface area contributed by atoms with Gasteiger partial charge in [0, 0.05) is 12.0 Å². The van der Waals surface area contributed by atoms with Crippen LogP contribution < -0.4 is 0 Å². The van der Waals surface area contributed by atoms with Crippen LogP contribution in [-0.2, 0) is 9.59 Å². The Kier molecular flexibility index (Phi) is 3.56. The summed E-state index contributed by atoms with van der Waals surface area (Å²) in [7, 11) is 1.02. The second kappa shape index (κ2) is 4.48. The molecule has 1 rings (SSSR count). The summed E-state index contributed by atoms with van der Waals surface area (Å²) in [6, 6.07) is 0. The van der Waals surface area contributed by atoms with Crippen molar-refractivity contribution >= 4 is 25.1 Å². The van der Waals surface area contributed by atoms with E-state index in [2.05, 4.69) is 0 Å². The van der Waals surface area contributed by atoms with Crippen LogP contribution in [0.5, 0.6) is 0 Å². The largest absolute Gasteiger partial charge is 0.294 e. The smallest absolute Gasteiger partial charge is 0.167 e. The highest BCUT2D eigenvalue weighted by Gasteiger charge is 2.18. The van der Waals surface area contributed by atoms with Crippen LogP contribution >= 0.6 is 8.20 Å². The van der Waals surface area contributed by atoms with E-state index in [1.807, 2.05) is 13.0 Å². The molecule has 1 aliphatic heterocycles. The Morgan fingerprint density at radius 3 is 2.77 bits per heavy atom. The minimum atomic E-state index is 0.0176. The Morgan fingerprint density at radius 2 is 2.23 bits per heavy atom. The summed E-state index contributed by atoms with van der Waals surface area (Å²) in [5.74, 6) is 0.131. The third-order valence-corrected chi connectivity index (χ3v) is 3.26. The van der Waals surface area contributed by atoms with Crippen LogP contribution in [0.1, 0.15) is 26.7 Å². The number of rotatable bonds is 3. The highest BCUT2D eigenvalue weighted by molar-refractivity contribution is 7.45. The fourth-order valence-corrected chi connectivity index (χ4v) is 2.52. The number of carbonyl (C=O) groups is 2. The molecular weight excluding hydrogens is 183 g/mol. The minimum absolute atomic E-state index is 0.0176. The molecule has 0 N–H and O–H groups in total. The first-order valence-corrected chi connectivity index (χ1v) is 5.54. The van der Waals surface area contributed by atoms with Crippen molar-refractivity contribution in [3.05, 3.63) is 11.6 Å². The topological polar surface area (TPSA) is 34.1 Å². The fourth-order valence-electron chi connectivity index (χ4n) is 1.28. The molecule has 0 aromatic rings. The lowest BCUT2D eigenvalue weighted by atomic mass is 10.0. The maximum absolute atomic E-state index is 11.4. The zero-order chi connectivity index (χ0) is 9.84. The number of Topliss-reactive ketones (excluding diaryl/α,β-unsaturated/α-hetero) is 2. The lowest BCUT2D eigenvalue weighted by molar-refractivity contribution is -0.115. The van der Waals surface area contributed by atoms with Gasteiger partial charge in [0.05, 0.1) is 5.29 Å². The molecule has 0 spiro atoms. The van der Waals surface area contributed by atoms with Crippen molar-refractivity contribution in [3.8, 4) is 0 Å². The summed E-state index contributed by atoms with van der Waals surface area (Å²) in [6.07, 6.45) is 4.27. The first kappa shape index (κ1) is 10.3. The molecule has 1 heterocycles. The summed E-state index contributed by atoms with van der Waals surface area (Å²) in [5.41, 5.74) is 0.653. The highest BCUT2D eigenvalue weighted by Crippen LogP contribution is 2.19. The maximum atomic E-state index is 11.4. The average molecular weight is 196 g/mol. The van der Waals surface area contributed by atoms with Gasteiger partial charge in [-0.15, -0.1) is 0 Å². The average Bonchev–Trinajstić information content (AvgIpc) is 2.16. The second-order valence-electron chi connectivity index (χ2n) is 2.97. The lowest BCUT2D eigenvalue weighted by Crippen LogP contribution is -2.20. The van der Waals surface area contributed by atoms with Gasteiger partial charge in [0.25, 0.3) is 0 Å². The molecular formula is C10H13O2P. The molecule has 0 amide bonds. The van der Waals surface area contributed by atoms with E-state index in [0.29, 0.717) is 12.0 Å². The molecule has 3 heteroatoms. The van der Waals surface area contributed by atoms with Crippen LogP contribution in [0, 0.1) is 0 Å². The van der Waals surface area contributed by atoms with Crippen LogP contribution in [-0.4, -0.2) is 23.0 Å². The predicted molar refractivity (Wildman–Crippen MR) is 55.5 cm³/mol. The third kappa shape index (κ3) is 2.35. The molecule has 13 heavy (non-hydrogen) atoms. The Morgan fingerprint density at radius 1 is 1.54 bits per heavy atom. The molecule has 0 bridgehead atoms. The van der Waals surface area contributed by atoms with Gasteiger partial charge in [-0.05, 0) is 19.5 Å². The summed E-state index contributed by atoms with van der Waals surface area (Å²) in [5, 5.41) is 0.723. The van der Waals surface area contributed by atoms with Crippen molar-refractivity contribution in [1.82, 2.24) is 0 Å². The van der Waals surface area contributed by atoms with Crippen LogP contribution in [0.15, 0.2) is 11.6 Å². The fraction of sp³-hybridized carbons (Fsp3) is 0.500. The molecule has 0 atom stereocenters. The normalized spacial score (nSPS) is 17.4. The van der Waals surface area contributed by atoms with E-state index in [1.165, 1.54) is 6.92 Å². The van der Waals surface area contributed by atoms with Gasteiger partial charge in [0.15, 0.2) is 11.6 Å². The van der Waals surface area contributed by atoms with E-state index in [1.54, 1.807) is 0 Å². The monoisotopic (exact) mass is 196 g/mol. The van der Waals surface area contributed by atoms with Crippen molar-refractivity contribution in [1.29, 1.82) is 0 Å². The molecule has 0 aromatic carbocycles. The molecule has 1 aliphatic rings. The van der Waals surface area contributed by atoms with Gasteiger partial charge in [-0.2, -0.15) is 0 Å². The molecule has 0 radical (unpaired) electrons. The molecule has 0 saturated carbocycles. The van der Waals surface area contributed by atoms with Crippen LogP contribution in [0.2, 0.25) is 0 Å². The van der Waals surface area contributed by atoms with E-state index in [4.69, 9.17) is 0 Å². The zero-order valence-electron chi connectivity index (χ0n) is 7.96. The van der Waals surface area contributed by atoms with Gasteiger partial charge in [-0.1, -0.05) is 21.2 Å². The van der Waals surface area contributed by atoms with E-state index in [9.17, 15) is 9.59 Å². The van der Waals surface area contributed by atoms with Crippen molar-refractivity contribution in [2.75, 3.05) is 6.16 Å². The van der Waals surface area contributed by atoms with Gasteiger partial charge < -0.3 is 0 Å². The lowest BCUT2D eigenvalue weighted by Gasteiger charge is -2.10. The Labute approximate surface area is 79.8 Å². The minimum Gasteiger partial charge on any atom is -0.294 e. The molecule has 0 aromatic heterocycles. The highest BCUT2D eigenvalue weighted by atomic mass is 31.1. The first-order chi connectivity index (χ1) is 6.16. The van der Waals surface area contributed by atoms with Crippen LogP contribution in [0.4, 0.5) is 0 Å². The SMILES string of the molecule is CCC(=O)C1=PCCC=C1C(C)=O. The Bertz CT molecular complexity index is 300. The standard InChI is InChI=1S/C10H13O2P/c1-3-9(12)10-8(7(2)11)5-4-6-13-10/h5H,3-4,6H2,1-2H3. The van der Waals surface area contributed by atoms with E-state index in [0.717, 1.165) is 26.1 Å². The molecule has 0 fully saturated rings. The van der Waals surface area contributed by atoms with Gasteiger partial charge in [-0.25, -0.2) is 0 Å². The summed E-state index contributed by atoms with van der Waals surface area (Å²) < 4.78 is 0. The van der Waals surface area contributed by atoms with Crippen LogP contribution in [0.25, 0.3) is 0 Å². The molecule has 0 unspecified atom stereocenters. The number of ketones is 2. The van der Waals surface area contributed by atoms with Crippen LogP contribution in [0.3, 0.4) is 0 Å². The van der Waals surface area contributed by atoms with E-state index >= 15 is 0 Å². The number of carbonyl (C=O) groups excluding carboxylic acids is 2. The number of hydrogen-bond donors (Lipinski definition) is 0. The summed E-state index contributed by atoms with van der Waals surface area (Å²) in [4.78, 5) is 22.6. The van der Waals surface area contributed by atoms with Crippen molar-refractivity contribution in [3.63, 3.8) is 0 Å². The molecule has 0 aliphatic carbocycles. The quantitative estimate of drug-likeness (QED) is 0.647. The number of allylic oxidation sites excluding steroid dienone is 2. The predicted octanol–water partition coefficient (Wildman–Crippen LogP) is 2.00. The second-order valence-corrected chi connectivity index (χ2v) is 4.18. The van der Waals surface area contributed by atoms with Crippen molar-refractivity contribution in [2.24, 2.45) is 0 Å². The van der Waals surface area contributed by atoms with Crippen molar-refractivity contribution in [2.45, 2.75) is 26.7 Å². The van der Waals surface area contributed by atoms with Gasteiger partial charge in [-0.3, -0.25) is 9.59 Å². The van der Waals surface area contributed by atoms with Crippen molar-refractivity contribution < 1.29 is 9.59 Å². The Hall–Kier alpha value is -0.750. The third-order valence-electron chi connectivity index (χ3n) is 1.97. The first-order valence-electron chi connectivity index (χ1n) is 4.46. The molecule has 70 valence electrons. The van der Waals surface area contributed by atoms with Gasteiger partial charge in [0.1, 0.15) is 0 Å².